The number of nitrogens with one attached hydrogen (secondary N) is 2. The summed E-state index contributed by atoms with van der Waals surface area (Å²) in [7, 11) is 2.16. The quantitative estimate of drug-likeness (QED) is 0.711. The molecule has 5 rings (SSSR count). The average molecular weight is 392 g/mol. The lowest BCUT2D eigenvalue weighted by Crippen LogP contribution is -2.44. The summed E-state index contributed by atoms with van der Waals surface area (Å²) in [5.74, 6) is 1.38. The van der Waals surface area contributed by atoms with Gasteiger partial charge in [-0.1, -0.05) is 0 Å². The number of ether oxygens (including phenoxy) is 2. The first kappa shape index (κ1) is 17.9. The van der Waals surface area contributed by atoms with Crippen molar-refractivity contribution in [3.8, 4) is 11.5 Å². The molecule has 29 heavy (non-hydrogen) atoms. The van der Waals surface area contributed by atoms with Crippen molar-refractivity contribution in [3.63, 3.8) is 0 Å². The van der Waals surface area contributed by atoms with Gasteiger partial charge < -0.3 is 29.6 Å². The molecule has 0 radical (unpaired) electrons. The Bertz CT molecular complexity index is 1090. The largest absolute Gasteiger partial charge is 0.454 e. The van der Waals surface area contributed by atoms with E-state index in [9.17, 15) is 4.79 Å². The Balaban J connectivity index is 1.29. The summed E-state index contributed by atoms with van der Waals surface area (Å²) in [5.41, 5.74) is 3.56. The summed E-state index contributed by atoms with van der Waals surface area (Å²) in [5, 5.41) is 4.28. The predicted molar refractivity (Wildman–Crippen MR) is 114 cm³/mol. The second-order valence-electron chi connectivity index (χ2n) is 7.61. The van der Waals surface area contributed by atoms with E-state index in [-0.39, 0.29) is 12.4 Å². The number of aromatic amines is 1. The molecule has 0 aliphatic carbocycles. The maximum atomic E-state index is 12.5. The summed E-state index contributed by atoms with van der Waals surface area (Å²) in [6, 6.07) is 14.0. The highest BCUT2D eigenvalue weighted by Crippen LogP contribution is 2.35. The number of rotatable bonds is 4. The Morgan fingerprint density at radius 1 is 1.00 bits per heavy atom. The molecule has 2 aromatic carbocycles. The van der Waals surface area contributed by atoms with Crippen molar-refractivity contribution in [2.45, 2.75) is 6.54 Å². The third kappa shape index (κ3) is 3.61. The van der Waals surface area contributed by atoms with Crippen molar-refractivity contribution >= 4 is 22.3 Å². The second kappa shape index (κ2) is 7.33. The summed E-state index contributed by atoms with van der Waals surface area (Å²) in [6.07, 6.45) is 0. The number of benzene rings is 2. The number of hydrogen-bond donors (Lipinski definition) is 2. The molecular formula is C22H24N4O3. The lowest BCUT2D eigenvalue weighted by molar-refractivity contribution is 0.174. The van der Waals surface area contributed by atoms with E-state index in [1.54, 1.807) is 0 Å². The van der Waals surface area contributed by atoms with Crippen LogP contribution in [0.4, 0.5) is 11.4 Å². The fourth-order valence-corrected chi connectivity index (χ4v) is 3.82. The molecule has 2 aliphatic rings. The van der Waals surface area contributed by atoms with Gasteiger partial charge in [-0.15, -0.1) is 0 Å². The Morgan fingerprint density at radius 3 is 2.48 bits per heavy atom. The highest BCUT2D eigenvalue weighted by atomic mass is 16.7. The Hall–Kier alpha value is -3.19. The number of piperazine rings is 1. The monoisotopic (exact) mass is 392 g/mol. The molecule has 0 saturated carbocycles. The number of pyridine rings is 1. The molecule has 0 amide bonds. The zero-order valence-corrected chi connectivity index (χ0v) is 16.4. The Morgan fingerprint density at radius 2 is 1.72 bits per heavy atom. The van der Waals surface area contributed by atoms with E-state index in [0.29, 0.717) is 23.6 Å². The average Bonchev–Trinajstić information content (AvgIpc) is 3.19. The molecule has 0 atom stereocenters. The molecule has 150 valence electrons. The topological polar surface area (TPSA) is 69.8 Å². The van der Waals surface area contributed by atoms with Crippen LogP contribution in [0.2, 0.25) is 0 Å². The molecular weight excluding hydrogens is 368 g/mol. The summed E-state index contributed by atoms with van der Waals surface area (Å²) < 4.78 is 10.8. The number of fused-ring (bicyclic) bond motifs is 2. The van der Waals surface area contributed by atoms with Gasteiger partial charge in [0.05, 0.1) is 5.52 Å². The van der Waals surface area contributed by atoms with Crippen LogP contribution in [0.25, 0.3) is 10.9 Å². The molecule has 7 nitrogen and oxygen atoms in total. The molecule has 1 aromatic heterocycles. The molecule has 0 spiro atoms. The highest BCUT2D eigenvalue weighted by Gasteiger charge is 2.16. The first-order valence-electron chi connectivity index (χ1n) is 9.89. The van der Waals surface area contributed by atoms with Gasteiger partial charge in [-0.2, -0.15) is 0 Å². The third-order valence-corrected chi connectivity index (χ3v) is 5.63. The molecule has 2 N–H and O–H groups in total. The fraction of sp³-hybridized carbons (Fsp3) is 0.318. The van der Waals surface area contributed by atoms with Gasteiger partial charge in [0.1, 0.15) is 0 Å². The van der Waals surface area contributed by atoms with Gasteiger partial charge in [-0.05, 0) is 43.4 Å². The Kier molecular flexibility index (Phi) is 4.52. The van der Waals surface area contributed by atoms with E-state index in [1.807, 2.05) is 18.2 Å². The summed E-state index contributed by atoms with van der Waals surface area (Å²) in [4.78, 5) is 20.2. The predicted octanol–water partition coefficient (Wildman–Crippen LogP) is 2.62. The van der Waals surface area contributed by atoms with Gasteiger partial charge in [0, 0.05) is 61.1 Å². The van der Waals surface area contributed by atoms with Crippen molar-refractivity contribution in [3.05, 3.63) is 58.4 Å². The van der Waals surface area contributed by atoms with Crippen molar-refractivity contribution < 1.29 is 9.47 Å². The van der Waals surface area contributed by atoms with E-state index in [4.69, 9.17) is 9.47 Å². The van der Waals surface area contributed by atoms with Crippen molar-refractivity contribution in [1.82, 2.24) is 9.88 Å². The van der Waals surface area contributed by atoms with E-state index in [0.717, 1.165) is 42.8 Å². The van der Waals surface area contributed by atoms with E-state index < -0.39 is 0 Å². The smallest absolute Gasteiger partial charge is 0.253 e. The SMILES string of the molecule is CN1CCN(c2ccc(NCc3cc4cc5c(cc4[nH]c3=O)OCO5)cc2)CC1. The van der Waals surface area contributed by atoms with Crippen LogP contribution in [0.5, 0.6) is 11.5 Å². The maximum Gasteiger partial charge on any atom is 0.253 e. The zero-order valence-electron chi connectivity index (χ0n) is 16.4. The standard InChI is InChI=1S/C22H24N4O3/c1-25-6-8-26(9-7-25)18-4-2-17(3-5-18)23-13-16-10-15-11-20-21(29-14-28-20)12-19(15)24-22(16)27/h2-5,10-12,23H,6-9,13-14H2,1H3,(H,24,27). The number of hydrogen-bond acceptors (Lipinski definition) is 6. The van der Waals surface area contributed by atoms with Gasteiger partial charge in [0.2, 0.25) is 6.79 Å². The lowest BCUT2D eigenvalue weighted by atomic mass is 10.1. The normalized spacial score (nSPS) is 16.4. The first-order chi connectivity index (χ1) is 14.2. The fourth-order valence-electron chi connectivity index (χ4n) is 3.82. The lowest BCUT2D eigenvalue weighted by Gasteiger charge is -2.34. The number of aromatic nitrogens is 1. The van der Waals surface area contributed by atoms with Crippen LogP contribution in [-0.4, -0.2) is 49.9 Å². The minimum absolute atomic E-state index is 0.0991. The molecule has 3 aromatic rings. The minimum atomic E-state index is -0.0991. The molecule has 7 heteroatoms. The first-order valence-corrected chi connectivity index (χ1v) is 9.89. The number of H-pyrrole nitrogens is 1. The van der Waals surface area contributed by atoms with Gasteiger partial charge in [-0.3, -0.25) is 4.79 Å². The molecule has 0 bridgehead atoms. The van der Waals surface area contributed by atoms with Crippen LogP contribution in [0.1, 0.15) is 5.56 Å². The number of anilines is 2. The Labute approximate surface area is 168 Å². The van der Waals surface area contributed by atoms with Crippen LogP contribution in [0.3, 0.4) is 0 Å². The molecule has 2 aliphatic heterocycles. The van der Waals surface area contributed by atoms with Crippen LogP contribution >= 0.6 is 0 Å². The molecule has 1 fully saturated rings. The van der Waals surface area contributed by atoms with Crippen LogP contribution in [0, 0.1) is 0 Å². The van der Waals surface area contributed by atoms with Gasteiger partial charge in [-0.25, -0.2) is 0 Å². The third-order valence-electron chi connectivity index (χ3n) is 5.63. The molecule has 1 saturated heterocycles. The van der Waals surface area contributed by atoms with E-state index >= 15 is 0 Å². The maximum absolute atomic E-state index is 12.5. The van der Waals surface area contributed by atoms with Gasteiger partial charge in [0.15, 0.2) is 11.5 Å². The van der Waals surface area contributed by atoms with Crippen molar-refractivity contribution in [2.75, 3.05) is 50.2 Å². The molecule has 3 heterocycles. The second-order valence-corrected chi connectivity index (χ2v) is 7.61. The minimum Gasteiger partial charge on any atom is -0.454 e. The molecule has 0 unspecified atom stereocenters. The van der Waals surface area contributed by atoms with Crippen LogP contribution < -0.4 is 25.2 Å². The number of nitrogens with zero attached hydrogens (tertiary/aromatic N) is 2. The number of likely N-dealkylation sites (N-methyl/N-ethyl adjacent to an activating group) is 1. The van der Waals surface area contributed by atoms with E-state index in [1.165, 1.54) is 5.69 Å². The summed E-state index contributed by atoms with van der Waals surface area (Å²) >= 11 is 0. The zero-order chi connectivity index (χ0) is 19.8. The summed E-state index contributed by atoms with van der Waals surface area (Å²) in [6.45, 7) is 4.95. The van der Waals surface area contributed by atoms with Crippen LogP contribution in [0.15, 0.2) is 47.3 Å². The van der Waals surface area contributed by atoms with Crippen LogP contribution in [-0.2, 0) is 6.54 Å². The van der Waals surface area contributed by atoms with Crippen molar-refractivity contribution in [2.24, 2.45) is 0 Å². The highest BCUT2D eigenvalue weighted by molar-refractivity contribution is 5.83. The van der Waals surface area contributed by atoms with Crippen molar-refractivity contribution in [1.29, 1.82) is 0 Å². The van der Waals surface area contributed by atoms with Gasteiger partial charge in [0.25, 0.3) is 5.56 Å². The van der Waals surface area contributed by atoms with Gasteiger partial charge >= 0.3 is 0 Å². The van der Waals surface area contributed by atoms with E-state index in [2.05, 4.69) is 51.4 Å².